The predicted octanol–water partition coefficient (Wildman–Crippen LogP) is 4.81. The van der Waals surface area contributed by atoms with Gasteiger partial charge in [0.15, 0.2) is 5.75 Å². The minimum absolute atomic E-state index is 0.131. The van der Waals surface area contributed by atoms with Gasteiger partial charge in [0.2, 0.25) is 0 Å². The normalized spacial score (nSPS) is 11.7. The van der Waals surface area contributed by atoms with Crippen LogP contribution in [0.2, 0.25) is 0 Å². The van der Waals surface area contributed by atoms with E-state index in [9.17, 15) is 14.9 Å². The van der Waals surface area contributed by atoms with Gasteiger partial charge in [0.25, 0.3) is 5.56 Å². The standard InChI is InChI=1S/C22H21BrN4O4/c1-5-10-31-19-9-6-14(11-18(19)27(29)30)13-24-26-20(28)16-12-15(23)7-8-17(16)25-21(26)22(2,3)4/h5-9,11-13H,1,10H2,2-4H3. The Labute approximate surface area is 187 Å². The zero-order valence-electron chi connectivity index (χ0n) is 17.3. The summed E-state index contributed by atoms with van der Waals surface area (Å²) in [5, 5.41) is 16.2. The lowest BCUT2D eigenvalue weighted by Gasteiger charge is -2.20. The molecular formula is C22H21BrN4O4. The molecule has 8 nitrogen and oxygen atoms in total. The van der Waals surface area contributed by atoms with Gasteiger partial charge >= 0.3 is 5.69 Å². The number of rotatable bonds is 6. The molecule has 2 aromatic carbocycles. The van der Waals surface area contributed by atoms with Crippen molar-refractivity contribution in [1.82, 2.24) is 9.66 Å². The first-order valence-corrected chi connectivity index (χ1v) is 10.2. The van der Waals surface area contributed by atoms with Gasteiger partial charge in [-0.2, -0.15) is 9.78 Å². The molecule has 0 unspecified atom stereocenters. The molecule has 31 heavy (non-hydrogen) atoms. The minimum Gasteiger partial charge on any atom is -0.483 e. The van der Waals surface area contributed by atoms with Gasteiger partial charge in [0.1, 0.15) is 12.4 Å². The minimum atomic E-state index is -0.530. The van der Waals surface area contributed by atoms with Crippen molar-refractivity contribution in [2.75, 3.05) is 6.61 Å². The van der Waals surface area contributed by atoms with Gasteiger partial charge in [0.05, 0.1) is 22.0 Å². The van der Waals surface area contributed by atoms with Crippen LogP contribution in [0.3, 0.4) is 0 Å². The lowest BCUT2D eigenvalue weighted by molar-refractivity contribution is -0.385. The van der Waals surface area contributed by atoms with E-state index in [0.717, 1.165) is 4.47 Å². The van der Waals surface area contributed by atoms with Gasteiger partial charge in [-0.25, -0.2) is 4.98 Å². The van der Waals surface area contributed by atoms with Crippen LogP contribution in [0.25, 0.3) is 10.9 Å². The highest BCUT2D eigenvalue weighted by molar-refractivity contribution is 9.10. The number of halogens is 1. The molecule has 0 fully saturated rings. The van der Waals surface area contributed by atoms with Crippen LogP contribution in [0.1, 0.15) is 32.2 Å². The molecular weight excluding hydrogens is 464 g/mol. The highest BCUT2D eigenvalue weighted by Crippen LogP contribution is 2.28. The van der Waals surface area contributed by atoms with Gasteiger partial charge in [-0.3, -0.25) is 14.9 Å². The summed E-state index contributed by atoms with van der Waals surface area (Å²) in [6.07, 6.45) is 2.90. The summed E-state index contributed by atoms with van der Waals surface area (Å²) in [6, 6.07) is 9.75. The van der Waals surface area contributed by atoms with Crippen molar-refractivity contribution in [3.8, 4) is 5.75 Å². The molecule has 0 N–H and O–H groups in total. The number of ether oxygens (including phenoxy) is 1. The molecule has 0 spiro atoms. The molecule has 1 heterocycles. The first-order chi connectivity index (χ1) is 14.6. The summed E-state index contributed by atoms with van der Waals surface area (Å²) >= 11 is 3.37. The molecule has 0 radical (unpaired) electrons. The summed E-state index contributed by atoms with van der Waals surface area (Å²) in [5.41, 5.74) is 0.0249. The summed E-state index contributed by atoms with van der Waals surface area (Å²) in [4.78, 5) is 28.7. The Morgan fingerprint density at radius 1 is 1.29 bits per heavy atom. The quantitative estimate of drug-likeness (QED) is 0.216. The monoisotopic (exact) mass is 484 g/mol. The Kier molecular flexibility index (Phi) is 6.35. The first-order valence-electron chi connectivity index (χ1n) is 9.41. The number of benzene rings is 2. The van der Waals surface area contributed by atoms with E-state index in [1.165, 1.54) is 29.1 Å². The first kappa shape index (κ1) is 22.4. The van der Waals surface area contributed by atoms with Gasteiger partial charge in [0, 0.05) is 21.5 Å². The number of aromatic nitrogens is 2. The van der Waals surface area contributed by atoms with Crippen LogP contribution in [-0.4, -0.2) is 27.4 Å². The topological polar surface area (TPSA) is 99.6 Å². The van der Waals surface area contributed by atoms with Crippen molar-refractivity contribution in [1.29, 1.82) is 0 Å². The summed E-state index contributed by atoms with van der Waals surface area (Å²) in [6.45, 7) is 9.48. The average Bonchev–Trinajstić information content (AvgIpc) is 2.71. The summed E-state index contributed by atoms with van der Waals surface area (Å²) < 4.78 is 7.33. The van der Waals surface area contributed by atoms with Crippen LogP contribution in [0.5, 0.6) is 5.75 Å². The smallest absolute Gasteiger partial charge is 0.311 e. The van der Waals surface area contributed by atoms with Crippen LogP contribution < -0.4 is 10.3 Å². The second-order valence-corrected chi connectivity index (χ2v) is 8.71. The zero-order valence-corrected chi connectivity index (χ0v) is 18.9. The maximum absolute atomic E-state index is 13.2. The van der Waals surface area contributed by atoms with Crippen molar-refractivity contribution in [3.05, 3.63) is 85.4 Å². The molecule has 0 aliphatic rings. The fourth-order valence-electron chi connectivity index (χ4n) is 2.89. The molecule has 0 saturated heterocycles. The zero-order chi connectivity index (χ0) is 22.8. The molecule has 3 aromatic rings. The van der Waals surface area contributed by atoms with Crippen LogP contribution in [0, 0.1) is 10.1 Å². The molecule has 0 atom stereocenters. The van der Waals surface area contributed by atoms with Crippen LogP contribution in [-0.2, 0) is 5.41 Å². The Hall–Kier alpha value is -3.33. The Morgan fingerprint density at radius 2 is 2.03 bits per heavy atom. The Bertz CT molecular complexity index is 1260. The van der Waals surface area contributed by atoms with Gasteiger partial charge in [-0.15, -0.1) is 0 Å². The molecule has 160 valence electrons. The van der Waals surface area contributed by atoms with E-state index in [4.69, 9.17) is 4.74 Å². The SMILES string of the molecule is C=CCOc1ccc(C=Nn2c(C(C)(C)C)nc3ccc(Br)cc3c2=O)cc1[N+](=O)[O-]. The molecule has 3 rings (SSSR count). The number of nitro benzene ring substituents is 1. The summed E-state index contributed by atoms with van der Waals surface area (Å²) in [5.74, 6) is 0.607. The highest BCUT2D eigenvalue weighted by atomic mass is 79.9. The lowest BCUT2D eigenvalue weighted by atomic mass is 9.95. The predicted molar refractivity (Wildman–Crippen MR) is 124 cm³/mol. The van der Waals surface area contributed by atoms with Gasteiger partial charge in [-0.05, 0) is 30.3 Å². The third-order valence-corrected chi connectivity index (χ3v) is 4.83. The Balaban J connectivity index is 2.13. The largest absolute Gasteiger partial charge is 0.483 e. The third kappa shape index (κ3) is 4.88. The third-order valence-electron chi connectivity index (χ3n) is 4.34. The maximum Gasteiger partial charge on any atom is 0.311 e. The van der Waals surface area contributed by atoms with E-state index < -0.39 is 10.3 Å². The maximum atomic E-state index is 13.2. The van der Waals surface area contributed by atoms with E-state index in [1.54, 1.807) is 18.2 Å². The van der Waals surface area contributed by atoms with Crippen molar-refractivity contribution in [2.45, 2.75) is 26.2 Å². The second kappa shape index (κ2) is 8.81. The summed E-state index contributed by atoms with van der Waals surface area (Å²) in [7, 11) is 0. The van der Waals surface area contributed by atoms with Crippen molar-refractivity contribution < 1.29 is 9.66 Å². The number of nitro groups is 1. The fraction of sp³-hybridized carbons (Fsp3) is 0.227. The van der Waals surface area contributed by atoms with Crippen LogP contribution in [0.15, 0.2) is 63.4 Å². The van der Waals surface area contributed by atoms with E-state index >= 15 is 0 Å². The van der Waals surface area contributed by atoms with Crippen molar-refractivity contribution in [2.24, 2.45) is 5.10 Å². The van der Waals surface area contributed by atoms with E-state index in [0.29, 0.717) is 22.3 Å². The van der Waals surface area contributed by atoms with Gasteiger partial charge in [-0.1, -0.05) is 49.4 Å². The molecule has 0 aliphatic carbocycles. The molecule has 0 aliphatic heterocycles. The fourth-order valence-corrected chi connectivity index (χ4v) is 3.25. The molecule has 1 aromatic heterocycles. The second-order valence-electron chi connectivity index (χ2n) is 7.79. The van der Waals surface area contributed by atoms with Crippen LogP contribution >= 0.6 is 15.9 Å². The lowest BCUT2D eigenvalue weighted by Crippen LogP contribution is -2.29. The van der Waals surface area contributed by atoms with Crippen molar-refractivity contribution >= 4 is 38.7 Å². The van der Waals surface area contributed by atoms with E-state index in [1.807, 2.05) is 26.8 Å². The average molecular weight is 485 g/mol. The number of hydrogen-bond donors (Lipinski definition) is 0. The number of fused-ring (bicyclic) bond motifs is 1. The van der Waals surface area contributed by atoms with E-state index in [2.05, 4.69) is 32.6 Å². The van der Waals surface area contributed by atoms with E-state index in [-0.39, 0.29) is 23.6 Å². The van der Waals surface area contributed by atoms with Crippen LogP contribution in [0.4, 0.5) is 5.69 Å². The Morgan fingerprint density at radius 3 is 2.68 bits per heavy atom. The highest BCUT2D eigenvalue weighted by Gasteiger charge is 2.23. The molecule has 9 heteroatoms. The van der Waals surface area contributed by atoms with Gasteiger partial charge < -0.3 is 4.74 Å². The number of nitrogens with zero attached hydrogens (tertiary/aromatic N) is 4. The number of hydrogen-bond acceptors (Lipinski definition) is 6. The molecule has 0 saturated carbocycles. The molecule has 0 amide bonds. The molecule has 0 bridgehead atoms. The van der Waals surface area contributed by atoms with Crippen molar-refractivity contribution in [3.63, 3.8) is 0 Å².